The van der Waals surface area contributed by atoms with Gasteiger partial charge in [0.15, 0.2) is 0 Å². The van der Waals surface area contributed by atoms with Crippen molar-refractivity contribution < 1.29 is 29.3 Å². The lowest BCUT2D eigenvalue weighted by Crippen LogP contribution is -2.45. The predicted octanol–water partition coefficient (Wildman–Crippen LogP) is 0.314. The van der Waals surface area contributed by atoms with Gasteiger partial charge >= 0.3 is 5.97 Å². The average Bonchev–Trinajstić information content (AvgIpc) is 2.93. The Kier molecular flexibility index (Phi) is 3.90. The van der Waals surface area contributed by atoms with Crippen LogP contribution in [0.25, 0.3) is 0 Å². The molecule has 2 N–H and O–H groups in total. The van der Waals surface area contributed by atoms with Crippen molar-refractivity contribution >= 4 is 11.8 Å². The van der Waals surface area contributed by atoms with Crippen molar-refractivity contribution in [3.8, 4) is 0 Å². The summed E-state index contributed by atoms with van der Waals surface area (Å²) in [5, 5.41) is 20.8. The van der Waals surface area contributed by atoms with Gasteiger partial charge in [0.05, 0.1) is 12.2 Å². The van der Waals surface area contributed by atoms with Crippen LogP contribution in [0.15, 0.2) is 12.2 Å². The van der Waals surface area contributed by atoms with Crippen LogP contribution >= 0.6 is 0 Å². The number of aliphatic hydroxyl groups excluding tert-OH is 2. The molecule has 0 aromatic heterocycles. The molecule has 2 aliphatic carbocycles. The standard InChI is InChI=1S/C17H24O6/c1-7-12-9(6-18)17(3)11(19)5-10(22-4)13(17)8(2)14(20)15(12)23-16(7)21/h8-10,12-15,18,20H,1,5-6H2,2-4H3/t8-,9-,10-,12-,13+,14+,15-,17+/m0/s1. The highest BCUT2D eigenvalue weighted by atomic mass is 16.6. The number of aliphatic hydroxyl groups is 2. The van der Waals surface area contributed by atoms with Gasteiger partial charge in [-0.05, 0) is 5.92 Å². The van der Waals surface area contributed by atoms with Crippen molar-refractivity contribution in [3.63, 3.8) is 0 Å². The minimum absolute atomic E-state index is 0.000231. The van der Waals surface area contributed by atoms with E-state index < -0.39 is 35.4 Å². The van der Waals surface area contributed by atoms with Crippen molar-refractivity contribution in [2.24, 2.45) is 29.1 Å². The first-order valence-corrected chi connectivity index (χ1v) is 8.03. The number of fused-ring (bicyclic) bond motifs is 2. The first-order valence-electron chi connectivity index (χ1n) is 8.03. The molecule has 3 fully saturated rings. The van der Waals surface area contributed by atoms with E-state index >= 15 is 0 Å². The summed E-state index contributed by atoms with van der Waals surface area (Å²) >= 11 is 0. The summed E-state index contributed by atoms with van der Waals surface area (Å²) < 4.78 is 10.8. The van der Waals surface area contributed by atoms with E-state index in [1.165, 1.54) is 0 Å². The number of Topliss-reactive ketones (excluding diaryl/α,β-unsaturated/α-hetero) is 1. The molecule has 23 heavy (non-hydrogen) atoms. The molecule has 1 saturated heterocycles. The lowest BCUT2D eigenvalue weighted by atomic mass is 9.62. The molecule has 0 bridgehead atoms. The first kappa shape index (κ1) is 16.6. The van der Waals surface area contributed by atoms with Crippen LogP contribution in [0.3, 0.4) is 0 Å². The fourth-order valence-corrected chi connectivity index (χ4v) is 5.22. The Labute approximate surface area is 135 Å². The van der Waals surface area contributed by atoms with E-state index in [4.69, 9.17) is 9.47 Å². The molecule has 8 atom stereocenters. The van der Waals surface area contributed by atoms with E-state index in [2.05, 4.69) is 6.58 Å². The van der Waals surface area contributed by atoms with Crippen LogP contribution in [0.2, 0.25) is 0 Å². The zero-order chi connectivity index (χ0) is 17.1. The highest BCUT2D eigenvalue weighted by Crippen LogP contribution is 2.58. The third-order valence-electron chi connectivity index (χ3n) is 6.49. The van der Waals surface area contributed by atoms with Crippen molar-refractivity contribution in [2.75, 3.05) is 13.7 Å². The molecule has 2 saturated carbocycles. The summed E-state index contributed by atoms with van der Waals surface area (Å²) in [7, 11) is 1.56. The van der Waals surface area contributed by atoms with E-state index in [1.54, 1.807) is 7.11 Å². The maximum absolute atomic E-state index is 12.8. The zero-order valence-corrected chi connectivity index (χ0v) is 13.7. The molecule has 128 valence electrons. The van der Waals surface area contributed by atoms with Crippen LogP contribution in [0.5, 0.6) is 0 Å². The second-order valence-corrected chi connectivity index (χ2v) is 7.27. The Balaban J connectivity index is 2.16. The SMILES string of the molecule is C=C1C(=O)O[C@@H]2[C@H](O)[C@@H](C)[C@@H]3[C@@H](OC)CC(=O)[C@@]3(C)[C@@H](CO)[C@H]12. The molecule has 6 nitrogen and oxygen atoms in total. The molecule has 1 heterocycles. The molecular weight excluding hydrogens is 300 g/mol. The van der Waals surface area contributed by atoms with Gasteiger partial charge in [-0.2, -0.15) is 0 Å². The van der Waals surface area contributed by atoms with Crippen LogP contribution in [-0.4, -0.2) is 54.0 Å². The van der Waals surface area contributed by atoms with Crippen molar-refractivity contribution in [1.82, 2.24) is 0 Å². The first-order chi connectivity index (χ1) is 10.8. The number of ether oxygens (including phenoxy) is 2. The summed E-state index contributed by atoms with van der Waals surface area (Å²) in [5.41, 5.74) is -0.651. The maximum Gasteiger partial charge on any atom is 0.334 e. The summed E-state index contributed by atoms with van der Waals surface area (Å²) in [6.07, 6.45) is -1.75. The quantitative estimate of drug-likeness (QED) is 0.561. The summed E-state index contributed by atoms with van der Waals surface area (Å²) in [6.45, 7) is 7.19. The molecule has 0 amide bonds. The van der Waals surface area contributed by atoms with Crippen molar-refractivity contribution in [2.45, 2.75) is 38.6 Å². The Morgan fingerprint density at radius 2 is 2.09 bits per heavy atom. The van der Waals surface area contributed by atoms with E-state index in [0.29, 0.717) is 0 Å². The number of hydrogen-bond acceptors (Lipinski definition) is 6. The number of methoxy groups -OCH3 is 1. The van der Waals surface area contributed by atoms with E-state index in [0.717, 1.165) is 0 Å². The lowest BCUT2D eigenvalue weighted by Gasteiger charge is -2.40. The van der Waals surface area contributed by atoms with Gasteiger partial charge in [0.2, 0.25) is 0 Å². The lowest BCUT2D eigenvalue weighted by molar-refractivity contribution is -0.146. The minimum Gasteiger partial charge on any atom is -0.456 e. The van der Waals surface area contributed by atoms with Gasteiger partial charge in [-0.15, -0.1) is 0 Å². The summed E-state index contributed by atoms with van der Waals surface area (Å²) in [6, 6.07) is 0. The molecule has 0 radical (unpaired) electrons. The third kappa shape index (κ3) is 1.98. The van der Waals surface area contributed by atoms with Gasteiger partial charge in [-0.1, -0.05) is 20.4 Å². The Hall–Kier alpha value is -1.24. The average molecular weight is 324 g/mol. The second-order valence-electron chi connectivity index (χ2n) is 7.27. The van der Waals surface area contributed by atoms with E-state index in [1.807, 2.05) is 13.8 Å². The fourth-order valence-electron chi connectivity index (χ4n) is 5.22. The number of ketones is 1. The maximum atomic E-state index is 12.8. The van der Waals surface area contributed by atoms with Gasteiger partial charge < -0.3 is 19.7 Å². The minimum atomic E-state index is -0.923. The van der Waals surface area contributed by atoms with Gasteiger partial charge in [0.25, 0.3) is 0 Å². The Bertz CT molecular complexity index is 557. The topological polar surface area (TPSA) is 93.1 Å². The largest absolute Gasteiger partial charge is 0.456 e. The van der Waals surface area contributed by atoms with Crippen molar-refractivity contribution in [1.29, 1.82) is 0 Å². The van der Waals surface area contributed by atoms with Gasteiger partial charge in [0, 0.05) is 48.9 Å². The van der Waals surface area contributed by atoms with E-state index in [-0.39, 0.29) is 42.3 Å². The van der Waals surface area contributed by atoms with Crippen LogP contribution < -0.4 is 0 Å². The summed E-state index contributed by atoms with van der Waals surface area (Å²) in [4.78, 5) is 24.8. The molecule has 0 spiro atoms. The molecule has 1 aliphatic heterocycles. The number of esters is 1. The Morgan fingerprint density at radius 1 is 1.43 bits per heavy atom. The number of rotatable bonds is 2. The highest BCUT2D eigenvalue weighted by molar-refractivity contribution is 5.92. The normalized spacial score (nSPS) is 49.6. The molecular formula is C17H24O6. The molecule has 6 heteroatoms. The van der Waals surface area contributed by atoms with Gasteiger partial charge in [-0.3, -0.25) is 4.79 Å². The molecule has 3 aliphatic rings. The predicted molar refractivity (Wildman–Crippen MR) is 80.3 cm³/mol. The molecule has 0 unspecified atom stereocenters. The van der Waals surface area contributed by atoms with Gasteiger partial charge in [-0.25, -0.2) is 4.79 Å². The van der Waals surface area contributed by atoms with Crippen LogP contribution in [-0.2, 0) is 19.1 Å². The second kappa shape index (κ2) is 5.40. The van der Waals surface area contributed by atoms with Crippen LogP contribution in [0, 0.1) is 29.1 Å². The molecule has 3 rings (SSSR count). The number of hydrogen-bond donors (Lipinski definition) is 2. The number of carbonyl (C=O) groups excluding carboxylic acids is 2. The smallest absolute Gasteiger partial charge is 0.334 e. The van der Waals surface area contributed by atoms with Crippen LogP contribution in [0.4, 0.5) is 0 Å². The van der Waals surface area contributed by atoms with Crippen molar-refractivity contribution in [3.05, 3.63) is 12.2 Å². The monoisotopic (exact) mass is 324 g/mol. The zero-order valence-electron chi connectivity index (χ0n) is 13.7. The summed E-state index contributed by atoms with van der Waals surface area (Å²) in [5.74, 6) is -2.19. The third-order valence-corrected chi connectivity index (χ3v) is 6.49. The highest BCUT2D eigenvalue weighted by Gasteiger charge is 2.66. The van der Waals surface area contributed by atoms with Gasteiger partial charge in [0.1, 0.15) is 11.9 Å². The number of carbonyl (C=O) groups is 2. The Morgan fingerprint density at radius 3 is 2.65 bits per heavy atom. The van der Waals surface area contributed by atoms with Crippen LogP contribution in [0.1, 0.15) is 20.3 Å². The molecule has 0 aromatic carbocycles. The van der Waals surface area contributed by atoms with E-state index in [9.17, 15) is 19.8 Å². The molecule has 0 aromatic rings. The fraction of sp³-hybridized carbons (Fsp3) is 0.765.